The fourth-order valence-corrected chi connectivity index (χ4v) is 2.27. The minimum Gasteiger partial charge on any atom is -0.305 e. The molecule has 1 N–H and O–H groups in total. The highest BCUT2D eigenvalue weighted by molar-refractivity contribution is 4.85. The summed E-state index contributed by atoms with van der Waals surface area (Å²) in [5.41, 5.74) is 3.61. The summed E-state index contributed by atoms with van der Waals surface area (Å²) in [6.07, 6.45) is 3.84. The summed E-state index contributed by atoms with van der Waals surface area (Å²) < 4.78 is 0. The molecule has 2 nitrogen and oxygen atoms in total. The third-order valence-corrected chi connectivity index (χ3v) is 2.96. The maximum absolute atomic E-state index is 4.97. The van der Waals surface area contributed by atoms with E-state index in [9.17, 15) is 0 Å². The average molecular weight is 171 g/mol. The molecule has 72 valence electrons. The Hall–Kier alpha value is -0.0800. The quantitative estimate of drug-likeness (QED) is 0.644. The molecule has 0 radical (unpaired) electrons. The molecule has 2 unspecified atom stereocenters. The molecule has 1 aliphatic carbocycles. The maximum Gasteiger partial charge on any atom is 0.0572 e. The van der Waals surface area contributed by atoms with Gasteiger partial charge in [0, 0.05) is 6.04 Å². The lowest BCUT2D eigenvalue weighted by atomic mass is 9.71. The normalized spacial score (nSPS) is 35.0. The molecule has 12 heavy (non-hydrogen) atoms. The highest BCUT2D eigenvalue weighted by atomic mass is 16.6. The van der Waals surface area contributed by atoms with Crippen LogP contribution < -0.4 is 5.48 Å². The SMILES string of the molecule is CONC1CCC(C)(C)CC1C. The van der Waals surface area contributed by atoms with Crippen LogP contribution in [0, 0.1) is 11.3 Å². The summed E-state index contributed by atoms with van der Waals surface area (Å²) >= 11 is 0. The van der Waals surface area contributed by atoms with E-state index < -0.39 is 0 Å². The van der Waals surface area contributed by atoms with Crippen molar-refractivity contribution in [2.45, 2.75) is 46.1 Å². The van der Waals surface area contributed by atoms with E-state index in [1.807, 2.05) is 0 Å². The van der Waals surface area contributed by atoms with Crippen LogP contribution in [0.3, 0.4) is 0 Å². The fraction of sp³-hybridized carbons (Fsp3) is 1.00. The van der Waals surface area contributed by atoms with Gasteiger partial charge in [0.25, 0.3) is 0 Å². The third-order valence-electron chi connectivity index (χ3n) is 2.96. The smallest absolute Gasteiger partial charge is 0.0572 e. The number of hydroxylamine groups is 1. The van der Waals surface area contributed by atoms with Crippen LogP contribution in [0.15, 0.2) is 0 Å². The van der Waals surface area contributed by atoms with Crippen molar-refractivity contribution in [3.8, 4) is 0 Å². The van der Waals surface area contributed by atoms with Crippen molar-refractivity contribution in [2.75, 3.05) is 7.11 Å². The van der Waals surface area contributed by atoms with Gasteiger partial charge in [-0.15, -0.1) is 0 Å². The molecule has 1 aliphatic rings. The first-order valence-corrected chi connectivity index (χ1v) is 4.84. The molecule has 2 heteroatoms. The molecule has 0 saturated heterocycles. The standard InChI is InChI=1S/C10H21NO/c1-8-7-10(2,3)6-5-9(8)11-12-4/h8-9,11H,5-7H2,1-4H3. The van der Waals surface area contributed by atoms with Crippen molar-refractivity contribution in [1.29, 1.82) is 0 Å². The van der Waals surface area contributed by atoms with Gasteiger partial charge in [0.2, 0.25) is 0 Å². The average Bonchev–Trinajstić information content (AvgIpc) is 1.94. The molecule has 0 aromatic rings. The van der Waals surface area contributed by atoms with Gasteiger partial charge in [0.1, 0.15) is 0 Å². The Morgan fingerprint density at radius 3 is 2.58 bits per heavy atom. The molecule has 1 fully saturated rings. The van der Waals surface area contributed by atoms with E-state index in [1.54, 1.807) is 7.11 Å². The van der Waals surface area contributed by atoms with E-state index in [1.165, 1.54) is 19.3 Å². The zero-order valence-corrected chi connectivity index (χ0v) is 8.68. The number of rotatable bonds is 2. The van der Waals surface area contributed by atoms with Gasteiger partial charge in [-0.05, 0) is 30.6 Å². The van der Waals surface area contributed by atoms with E-state index in [0.29, 0.717) is 11.5 Å². The van der Waals surface area contributed by atoms with Crippen LogP contribution >= 0.6 is 0 Å². The molecule has 0 heterocycles. The Morgan fingerprint density at radius 2 is 2.08 bits per heavy atom. The second-order valence-corrected chi connectivity index (χ2v) is 4.81. The molecule has 0 aromatic carbocycles. The Labute approximate surface area is 75.6 Å². The van der Waals surface area contributed by atoms with Crippen molar-refractivity contribution in [3.63, 3.8) is 0 Å². The molecule has 0 amide bonds. The molecular formula is C10H21NO. The van der Waals surface area contributed by atoms with Gasteiger partial charge in [-0.25, -0.2) is 0 Å². The van der Waals surface area contributed by atoms with E-state index in [2.05, 4.69) is 26.3 Å². The predicted octanol–water partition coefficient (Wildman–Crippen LogP) is 2.35. The zero-order chi connectivity index (χ0) is 9.19. The lowest BCUT2D eigenvalue weighted by molar-refractivity contribution is 0.0112. The monoisotopic (exact) mass is 171 g/mol. The summed E-state index contributed by atoms with van der Waals surface area (Å²) in [6, 6.07) is 0.558. The Balaban J connectivity index is 2.42. The van der Waals surface area contributed by atoms with E-state index >= 15 is 0 Å². The lowest BCUT2D eigenvalue weighted by Gasteiger charge is -2.39. The summed E-state index contributed by atoms with van der Waals surface area (Å²) in [4.78, 5) is 4.97. The van der Waals surface area contributed by atoms with Crippen molar-refractivity contribution in [3.05, 3.63) is 0 Å². The van der Waals surface area contributed by atoms with Crippen LogP contribution in [0.1, 0.15) is 40.0 Å². The summed E-state index contributed by atoms with van der Waals surface area (Å²) in [7, 11) is 1.70. The molecule has 0 aliphatic heterocycles. The summed E-state index contributed by atoms with van der Waals surface area (Å²) in [6.45, 7) is 7.01. The highest BCUT2D eigenvalue weighted by Gasteiger charge is 2.32. The molecule has 0 spiro atoms. The molecular weight excluding hydrogens is 150 g/mol. The van der Waals surface area contributed by atoms with E-state index in [-0.39, 0.29) is 0 Å². The minimum atomic E-state index is 0.533. The predicted molar refractivity (Wildman–Crippen MR) is 50.7 cm³/mol. The van der Waals surface area contributed by atoms with Crippen molar-refractivity contribution in [2.24, 2.45) is 11.3 Å². The van der Waals surface area contributed by atoms with Gasteiger partial charge >= 0.3 is 0 Å². The van der Waals surface area contributed by atoms with Crippen LogP contribution in [-0.2, 0) is 4.84 Å². The second-order valence-electron chi connectivity index (χ2n) is 4.81. The van der Waals surface area contributed by atoms with Gasteiger partial charge in [-0.3, -0.25) is 0 Å². The largest absolute Gasteiger partial charge is 0.305 e. The van der Waals surface area contributed by atoms with Gasteiger partial charge in [0.15, 0.2) is 0 Å². The van der Waals surface area contributed by atoms with Gasteiger partial charge in [-0.1, -0.05) is 20.8 Å². The highest BCUT2D eigenvalue weighted by Crippen LogP contribution is 2.38. The van der Waals surface area contributed by atoms with E-state index in [0.717, 1.165) is 5.92 Å². The first-order valence-electron chi connectivity index (χ1n) is 4.84. The van der Waals surface area contributed by atoms with Crippen molar-refractivity contribution >= 4 is 0 Å². The fourth-order valence-electron chi connectivity index (χ4n) is 2.27. The topological polar surface area (TPSA) is 21.3 Å². The Morgan fingerprint density at radius 1 is 1.42 bits per heavy atom. The second kappa shape index (κ2) is 3.75. The van der Waals surface area contributed by atoms with Crippen LogP contribution in [0.4, 0.5) is 0 Å². The van der Waals surface area contributed by atoms with Crippen LogP contribution in [0.2, 0.25) is 0 Å². The maximum atomic E-state index is 4.97. The molecule has 2 atom stereocenters. The van der Waals surface area contributed by atoms with Crippen LogP contribution in [0.5, 0.6) is 0 Å². The Bertz CT molecular complexity index is 145. The first kappa shape index (κ1) is 10.0. The van der Waals surface area contributed by atoms with E-state index in [4.69, 9.17) is 4.84 Å². The first-order chi connectivity index (χ1) is 5.55. The number of hydrogen-bond donors (Lipinski definition) is 1. The summed E-state index contributed by atoms with van der Waals surface area (Å²) in [5, 5.41) is 0. The van der Waals surface area contributed by atoms with Gasteiger partial charge < -0.3 is 4.84 Å². The van der Waals surface area contributed by atoms with Gasteiger partial charge in [-0.2, -0.15) is 5.48 Å². The lowest BCUT2D eigenvalue weighted by Crippen LogP contribution is -2.41. The molecule has 1 rings (SSSR count). The van der Waals surface area contributed by atoms with Crippen molar-refractivity contribution < 1.29 is 4.84 Å². The summed E-state index contributed by atoms with van der Waals surface area (Å²) in [5.74, 6) is 0.730. The number of nitrogens with one attached hydrogen (secondary N) is 1. The zero-order valence-electron chi connectivity index (χ0n) is 8.68. The Kier molecular flexibility index (Phi) is 3.13. The van der Waals surface area contributed by atoms with Crippen LogP contribution in [-0.4, -0.2) is 13.2 Å². The third kappa shape index (κ3) is 2.46. The molecule has 1 saturated carbocycles. The minimum absolute atomic E-state index is 0.533. The molecule has 0 bridgehead atoms. The van der Waals surface area contributed by atoms with Crippen molar-refractivity contribution in [1.82, 2.24) is 5.48 Å². The van der Waals surface area contributed by atoms with Crippen LogP contribution in [0.25, 0.3) is 0 Å². The number of hydrogen-bond acceptors (Lipinski definition) is 2. The molecule has 0 aromatic heterocycles. The van der Waals surface area contributed by atoms with Gasteiger partial charge in [0.05, 0.1) is 7.11 Å².